The third-order valence-electron chi connectivity index (χ3n) is 6.88. The number of pyridine rings is 1. The minimum Gasteiger partial charge on any atom is -0.349 e. The molecule has 126 valence electrons. The van der Waals surface area contributed by atoms with Crippen molar-refractivity contribution in [3.05, 3.63) is 42.6 Å². The Morgan fingerprint density at radius 2 is 2.17 bits per heavy atom. The molecule has 4 rings (SSSR count). The molecule has 0 saturated heterocycles. The van der Waals surface area contributed by atoms with Crippen LogP contribution in [0, 0.1) is 16.7 Å². The van der Waals surface area contributed by atoms with Gasteiger partial charge in [0.2, 0.25) is 0 Å². The predicted molar refractivity (Wildman–Crippen MR) is 91.8 cm³/mol. The fourth-order valence-electron chi connectivity index (χ4n) is 4.73. The summed E-state index contributed by atoms with van der Waals surface area (Å²) < 4.78 is 1.82. The minimum atomic E-state index is -0.0192. The first-order chi connectivity index (χ1) is 11.4. The van der Waals surface area contributed by atoms with Crippen LogP contribution in [0.25, 0.3) is 5.82 Å². The van der Waals surface area contributed by atoms with Gasteiger partial charge in [0.15, 0.2) is 0 Å². The topological polar surface area (TPSA) is 59.8 Å². The summed E-state index contributed by atoms with van der Waals surface area (Å²) in [4.78, 5) is 21.0. The lowest BCUT2D eigenvalue weighted by Crippen LogP contribution is -2.46. The number of carbonyl (C=O) groups is 1. The summed E-state index contributed by atoms with van der Waals surface area (Å²) in [5.74, 6) is 1.46. The Kier molecular flexibility index (Phi) is 3.31. The van der Waals surface area contributed by atoms with Gasteiger partial charge >= 0.3 is 0 Å². The van der Waals surface area contributed by atoms with Gasteiger partial charge < -0.3 is 5.32 Å². The first-order valence-corrected chi connectivity index (χ1v) is 8.67. The van der Waals surface area contributed by atoms with E-state index in [-0.39, 0.29) is 17.4 Å². The number of imidazole rings is 1. The quantitative estimate of drug-likeness (QED) is 0.943. The molecule has 0 unspecified atom stereocenters. The molecule has 2 saturated carbocycles. The highest BCUT2D eigenvalue weighted by Gasteiger charge is 2.61. The molecule has 1 amide bonds. The second-order valence-electron chi connectivity index (χ2n) is 8.01. The smallest absolute Gasteiger partial charge is 0.253 e. The summed E-state index contributed by atoms with van der Waals surface area (Å²) in [6.45, 7) is 7.06. The molecule has 2 fully saturated rings. The molecule has 2 bridgehead atoms. The molecule has 2 aliphatic rings. The van der Waals surface area contributed by atoms with Gasteiger partial charge in [-0.05, 0) is 48.1 Å². The molecule has 0 aliphatic heterocycles. The number of carbonyl (C=O) groups excluding carboxylic acids is 1. The maximum Gasteiger partial charge on any atom is 0.253 e. The van der Waals surface area contributed by atoms with Gasteiger partial charge in [0.25, 0.3) is 5.91 Å². The van der Waals surface area contributed by atoms with Crippen molar-refractivity contribution in [1.82, 2.24) is 19.9 Å². The fraction of sp³-hybridized carbons (Fsp3) is 0.526. The number of amides is 1. The van der Waals surface area contributed by atoms with Gasteiger partial charge in [-0.25, -0.2) is 9.97 Å². The van der Waals surface area contributed by atoms with E-state index in [0.717, 1.165) is 18.2 Å². The van der Waals surface area contributed by atoms with E-state index in [1.54, 1.807) is 18.7 Å². The molecular formula is C19H24N4O. The highest BCUT2D eigenvalue weighted by Crippen LogP contribution is 2.65. The van der Waals surface area contributed by atoms with E-state index in [2.05, 4.69) is 36.1 Å². The van der Waals surface area contributed by atoms with Crippen LogP contribution in [0.4, 0.5) is 0 Å². The number of aromatic nitrogens is 3. The van der Waals surface area contributed by atoms with Gasteiger partial charge in [-0.1, -0.05) is 20.8 Å². The van der Waals surface area contributed by atoms with E-state index in [0.29, 0.717) is 11.0 Å². The first kappa shape index (κ1) is 15.4. The molecule has 24 heavy (non-hydrogen) atoms. The molecule has 5 nitrogen and oxygen atoms in total. The number of fused-ring (bicyclic) bond motifs is 2. The molecule has 0 spiro atoms. The van der Waals surface area contributed by atoms with Crippen LogP contribution in [0.2, 0.25) is 0 Å². The molecule has 5 heteroatoms. The van der Waals surface area contributed by atoms with Crippen molar-refractivity contribution in [3.8, 4) is 5.82 Å². The molecule has 2 heterocycles. The molecule has 2 aromatic heterocycles. The Morgan fingerprint density at radius 3 is 2.71 bits per heavy atom. The van der Waals surface area contributed by atoms with Gasteiger partial charge in [0.05, 0.1) is 5.56 Å². The SMILES string of the molecule is CC1(C)[C@@H]2CC[C@]1(C)[C@H](NC(=O)c1ccc(-n3ccnc3)nc1)C2. The Bertz CT molecular complexity index is 750. The van der Waals surface area contributed by atoms with Crippen molar-refractivity contribution in [2.24, 2.45) is 16.7 Å². The summed E-state index contributed by atoms with van der Waals surface area (Å²) in [5, 5.41) is 3.28. The highest BCUT2D eigenvalue weighted by atomic mass is 16.1. The summed E-state index contributed by atoms with van der Waals surface area (Å²) in [7, 11) is 0. The first-order valence-electron chi connectivity index (χ1n) is 8.67. The zero-order valence-corrected chi connectivity index (χ0v) is 14.5. The third kappa shape index (κ3) is 2.10. The van der Waals surface area contributed by atoms with Crippen LogP contribution in [-0.2, 0) is 0 Å². The summed E-state index contributed by atoms with van der Waals surface area (Å²) >= 11 is 0. The van der Waals surface area contributed by atoms with Crippen molar-refractivity contribution in [2.45, 2.75) is 46.1 Å². The number of hydrogen-bond acceptors (Lipinski definition) is 3. The molecule has 2 aromatic rings. The predicted octanol–water partition coefficient (Wildman–Crippen LogP) is 3.21. The molecule has 3 atom stereocenters. The van der Waals surface area contributed by atoms with Gasteiger partial charge in [-0.2, -0.15) is 0 Å². The van der Waals surface area contributed by atoms with E-state index < -0.39 is 0 Å². The Morgan fingerprint density at radius 1 is 1.33 bits per heavy atom. The van der Waals surface area contributed by atoms with Gasteiger partial charge in [0, 0.05) is 24.6 Å². The molecule has 0 aromatic carbocycles. The second kappa shape index (κ2) is 5.16. The largest absolute Gasteiger partial charge is 0.349 e. The monoisotopic (exact) mass is 324 g/mol. The van der Waals surface area contributed by atoms with Crippen LogP contribution in [0.3, 0.4) is 0 Å². The van der Waals surface area contributed by atoms with Crippen molar-refractivity contribution < 1.29 is 4.79 Å². The number of rotatable bonds is 3. The van der Waals surface area contributed by atoms with Crippen LogP contribution in [0.5, 0.6) is 0 Å². The number of nitrogens with zero attached hydrogens (tertiary/aromatic N) is 3. The normalized spacial score (nSPS) is 30.5. The maximum atomic E-state index is 12.7. The molecule has 0 radical (unpaired) electrons. The van der Waals surface area contributed by atoms with E-state index in [1.807, 2.05) is 22.9 Å². The van der Waals surface area contributed by atoms with Crippen molar-refractivity contribution >= 4 is 5.91 Å². The average Bonchev–Trinajstić information content (AvgIpc) is 3.22. The highest BCUT2D eigenvalue weighted by molar-refractivity contribution is 5.94. The van der Waals surface area contributed by atoms with Gasteiger partial charge in [0.1, 0.15) is 12.1 Å². The van der Waals surface area contributed by atoms with Gasteiger partial charge in [-0.3, -0.25) is 9.36 Å². The van der Waals surface area contributed by atoms with Crippen LogP contribution in [0.15, 0.2) is 37.1 Å². The summed E-state index contributed by atoms with van der Waals surface area (Å²) in [5.41, 5.74) is 1.11. The zero-order chi connectivity index (χ0) is 16.9. The van der Waals surface area contributed by atoms with Crippen LogP contribution in [0.1, 0.15) is 50.4 Å². The minimum absolute atomic E-state index is 0.0192. The lowest BCUT2D eigenvalue weighted by Gasteiger charge is -2.39. The van der Waals surface area contributed by atoms with Crippen molar-refractivity contribution in [3.63, 3.8) is 0 Å². The average molecular weight is 324 g/mol. The standard InChI is InChI=1S/C19H24N4O/c1-18(2)14-6-7-19(18,3)15(10-14)22-17(24)13-4-5-16(21-11-13)23-9-8-20-12-23/h4-5,8-9,11-12,14-15H,6-7,10H2,1-3H3,(H,22,24)/t14-,15-,19-/m1/s1. The van der Waals surface area contributed by atoms with Crippen LogP contribution in [-0.4, -0.2) is 26.5 Å². The van der Waals surface area contributed by atoms with E-state index in [1.165, 1.54) is 12.8 Å². The van der Waals surface area contributed by atoms with Gasteiger partial charge in [-0.15, -0.1) is 0 Å². The second-order valence-corrected chi connectivity index (χ2v) is 8.01. The Balaban J connectivity index is 1.49. The zero-order valence-electron chi connectivity index (χ0n) is 14.5. The van der Waals surface area contributed by atoms with E-state index >= 15 is 0 Å². The van der Waals surface area contributed by atoms with Crippen LogP contribution < -0.4 is 5.32 Å². The molecule has 2 aliphatic carbocycles. The van der Waals surface area contributed by atoms with Crippen molar-refractivity contribution in [2.75, 3.05) is 0 Å². The summed E-state index contributed by atoms with van der Waals surface area (Å²) in [6.07, 6.45) is 10.5. The lowest BCUT2D eigenvalue weighted by atomic mass is 9.69. The number of hydrogen-bond donors (Lipinski definition) is 1. The van der Waals surface area contributed by atoms with Crippen LogP contribution >= 0.6 is 0 Å². The van der Waals surface area contributed by atoms with E-state index in [4.69, 9.17) is 0 Å². The maximum absolute atomic E-state index is 12.7. The van der Waals surface area contributed by atoms with Crippen molar-refractivity contribution in [1.29, 1.82) is 0 Å². The molecular weight excluding hydrogens is 300 g/mol. The molecule has 1 N–H and O–H groups in total. The Hall–Kier alpha value is -2.17. The lowest BCUT2D eigenvalue weighted by molar-refractivity contribution is 0.0826. The van der Waals surface area contributed by atoms with E-state index in [9.17, 15) is 4.79 Å². The number of nitrogens with one attached hydrogen (secondary N) is 1. The summed E-state index contributed by atoms with van der Waals surface area (Å²) in [6, 6.07) is 3.94. The fourth-order valence-corrected chi connectivity index (χ4v) is 4.73. The Labute approximate surface area is 142 Å². The third-order valence-corrected chi connectivity index (χ3v) is 6.88.